The molecule has 3 aromatic rings. The SMILES string of the molecule is C=C(c1ccc(C)c(NC(=O)CN2Cc3ccccc3C2)c1)N1CCC(c2ccc(C(F)(F)F)cc2)CC1. The number of fused-ring (bicyclic) bond motifs is 1. The molecule has 0 aromatic heterocycles. The van der Waals surface area contributed by atoms with Crippen LogP contribution in [0, 0.1) is 6.92 Å². The van der Waals surface area contributed by atoms with Crippen molar-refractivity contribution in [2.75, 3.05) is 25.0 Å². The van der Waals surface area contributed by atoms with Crippen LogP contribution in [0.3, 0.4) is 0 Å². The van der Waals surface area contributed by atoms with Gasteiger partial charge in [-0.1, -0.05) is 55.1 Å². The minimum absolute atomic E-state index is 0.0407. The molecular weight excluding hydrogens is 487 g/mol. The predicted molar refractivity (Wildman–Crippen MR) is 144 cm³/mol. The number of likely N-dealkylation sites (tertiary alicyclic amines) is 1. The topological polar surface area (TPSA) is 35.6 Å². The van der Waals surface area contributed by atoms with Crippen LogP contribution in [0.15, 0.2) is 73.3 Å². The number of aryl methyl sites for hydroxylation is 1. The van der Waals surface area contributed by atoms with Crippen molar-refractivity contribution in [1.82, 2.24) is 9.80 Å². The van der Waals surface area contributed by atoms with Crippen LogP contribution in [0.2, 0.25) is 0 Å². The van der Waals surface area contributed by atoms with E-state index in [1.54, 1.807) is 12.1 Å². The fourth-order valence-corrected chi connectivity index (χ4v) is 5.45. The van der Waals surface area contributed by atoms with E-state index < -0.39 is 11.7 Å². The molecule has 1 N–H and O–H groups in total. The number of halogens is 3. The normalized spacial score (nSPS) is 16.4. The van der Waals surface area contributed by atoms with Crippen molar-refractivity contribution in [3.63, 3.8) is 0 Å². The van der Waals surface area contributed by atoms with Gasteiger partial charge in [-0.3, -0.25) is 9.69 Å². The highest BCUT2D eigenvalue weighted by molar-refractivity contribution is 5.93. The second kappa shape index (κ2) is 10.7. The molecule has 2 heterocycles. The lowest BCUT2D eigenvalue weighted by Crippen LogP contribution is -2.31. The lowest BCUT2D eigenvalue weighted by atomic mass is 9.88. The van der Waals surface area contributed by atoms with Gasteiger partial charge in [-0.25, -0.2) is 0 Å². The summed E-state index contributed by atoms with van der Waals surface area (Å²) in [5.74, 6) is 0.187. The van der Waals surface area contributed by atoms with E-state index in [9.17, 15) is 18.0 Å². The number of nitrogens with one attached hydrogen (secondary N) is 1. The van der Waals surface area contributed by atoms with Crippen LogP contribution in [0.1, 0.15) is 52.1 Å². The lowest BCUT2D eigenvalue weighted by molar-refractivity contribution is -0.137. The van der Waals surface area contributed by atoms with Gasteiger partial charge < -0.3 is 10.2 Å². The minimum atomic E-state index is -4.31. The first kappa shape index (κ1) is 26.0. The van der Waals surface area contributed by atoms with Crippen molar-refractivity contribution in [1.29, 1.82) is 0 Å². The van der Waals surface area contributed by atoms with Gasteiger partial charge in [-0.15, -0.1) is 0 Å². The number of anilines is 1. The average molecular weight is 520 g/mol. The van der Waals surface area contributed by atoms with Crippen molar-refractivity contribution in [2.45, 2.75) is 44.9 Å². The van der Waals surface area contributed by atoms with Gasteiger partial charge in [-0.2, -0.15) is 13.2 Å². The molecule has 0 radical (unpaired) electrons. The molecule has 2 aliphatic heterocycles. The molecule has 0 atom stereocenters. The molecule has 7 heteroatoms. The highest BCUT2D eigenvalue weighted by Gasteiger charge is 2.30. The predicted octanol–water partition coefficient (Wildman–Crippen LogP) is 6.82. The number of benzene rings is 3. The van der Waals surface area contributed by atoms with E-state index in [-0.39, 0.29) is 11.8 Å². The number of alkyl halides is 3. The molecule has 5 rings (SSSR count). The zero-order valence-corrected chi connectivity index (χ0v) is 21.5. The summed E-state index contributed by atoms with van der Waals surface area (Å²) >= 11 is 0. The Kier molecular flexibility index (Phi) is 7.30. The van der Waals surface area contributed by atoms with Gasteiger partial charge in [0.2, 0.25) is 5.91 Å². The monoisotopic (exact) mass is 519 g/mol. The largest absolute Gasteiger partial charge is 0.416 e. The number of hydrogen-bond acceptors (Lipinski definition) is 3. The van der Waals surface area contributed by atoms with Crippen molar-refractivity contribution in [3.8, 4) is 0 Å². The molecule has 0 aliphatic carbocycles. The van der Waals surface area contributed by atoms with Crippen LogP contribution in [-0.2, 0) is 24.1 Å². The van der Waals surface area contributed by atoms with Gasteiger partial charge in [0.15, 0.2) is 0 Å². The van der Waals surface area contributed by atoms with Crippen LogP contribution < -0.4 is 5.32 Å². The van der Waals surface area contributed by atoms with E-state index in [1.165, 1.54) is 23.3 Å². The Labute approximate surface area is 221 Å². The zero-order valence-electron chi connectivity index (χ0n) is 21.5. The molecular formula is C31H32F3N3O. The maximum atomic E-state index is 12.9. The van der Waals surface area contributed by atoms with Crippen molar-refractivity contribution >= 4 is 17.3 Å². The number of amides is 1. The molecule has 4 nitrogen and oxygen atoms in total. The Hall–Kier alpha value is -3.58. The third-order valence-electron chi connectivity index (χ3n) is 7.70. The Morgan fingerprint density at radius 2 is 1.61 bits per heavy atom. The molecule has 2 aliphatic rings. The van der Waals surface area contributed by atoms with Crippen LogP contribution in [0.4, 0.5) is 18.9 Å². The highest BCUT2D eigenvalue weighted by Crippen LogP contribution is 2.35. The quantitative estimate of drug-likeness (QED) is 0.388. The Balaban J connectivity index is 1.17. The van der Waals surface area contributed by atoms with Gasteiger partial charge >= 0.3 is 6.18 Å². The zero-order chi connectivity index (χ0) is 26.9. The van der Waals surface area contributed by atoms with E-state index >= 15 is 0 Å². The first-order valence-electron chi connectivity index (χ1n) is 13.0. The molecule has 198 valence electrons. The lowest BCUT2D eigenvalue weighted by Gasteiger charge is -2.35. The van der Waals surface area contributed by atoms with E-state index in [1.807, 2.05) is 37.3 Å². The number of carbonyl (C=O) groups is 1. The molecule has 1 amide bonds. The van der Waals surface area contributed by atoms with Gasteiger partial charge in [-0.05, 0) is 71.7 Å². The van der Waals surface area contributed by atoms with Gasteiger partial charge in [0, 0.05) is 37.6 Å². The van der Waals surface area contributed by atoms with Gasteiger partial charge in [0.25, 0.3) is 0 Å². The highest BCUT2D eigenvalue weighted by atomic mass is 19.4. The molecule has 0 saturated carbocycles. The third kappa shape index (κ3) is 5.78. The smallest absolute Gasteiger partial charge is 0.371 e. The van der Waals surface area contributed by atoms with E-state index in [0.29, 0.717) is 6.54 Å². The summed E-state index contributed by atoms with van der Waals surface area (Å²) in [4.78, 5) is 17.2. The molecule has 0 spiro atoms. The van der Waals surface area contributed by atoms with Crippen LogP contribution in [-0.4, -0.2) is 35.3 Å². The number of rotatable bonds is 6. The summed E-state index contributed by atoms with van der Waals surface area (Å²) in [6.45, 7) is 9.73. The van der Waals surface area contributed by atoms with Gasteiger partial charge in [0.05, 0.1) is 12.1 Å². The standard InChI is InChI=1S/C31H32F3N3O/c1-21-7-8-25(17-29(21)35-30(38)20-36-18-26-5-3-4-6-27(26)19-36)22(2)37-15-13-24(14-16-37)23-9-11-28(12-10-23)31(32,33)34/h3-12,17,24H,2,13-16,18-20H2,1H3,(H,35,38). The number of carbonyl (C=O) groups excluding carboxylic acids is 1. The maximum Gasteiger partial charge on any atom is 0.416 e. The molecule has 1 saturated heterocycles. The summed E-state index contributed by atoms with van der Waals surface area (Å²) in [6.07, 6.45) is -2.62. The maximum absolute atomic E-state index is 12.9. The third-order valence-corrected chi connectivity index (χ3v) is 7.70. The minimum Gasteiger partial charge on any atom is -0.371 e. The first-order chi connectivity index (χ1) is 18.2. The number of nitrogens with zero attached hydrogens (tertiary/aromatic N) is 2. The van der Waals surface area contributed by atoms with E-state index in [4.69, 9.17) is 0 Å². The number of piperidine rings is 1. The Bertz CT molecular complexity index is 1300. The molecule has 1 fully saturated rings. The summed E-state index contributed by atoms with van der Waals surface area (Å²) in [5, 5.41) is 3.09. The van der Waals surface area contributed by atoms with E-state index in [2.05, 4.69) is 33.8 Å². The second-order valence-corrected chi connectivity index (χ2v) is 10.3. The second-order valence-electron chi connectivity index (χ2n) is 10.3. The van der Waals surface area contributed by atoms with E-state index in [0.717, 1.165) is 67.1 Å². The summed E-state index contributed by atoms with van der Waals surface area (Å²) in [5.41, 5.74) is 6.50. The van der Waals surface area contributed by atoms with Crippen LogP contribution in [0.5, 0.6) is 0 Å². The van der Waals surface area contributed by atoms with Crippen molar-refractivity contribution < 1.29 is 18.0 Å². The molecule has 0 unspecified atom stereocenters. The van der Waals surface area contributed by atoms with Gasteiger partial charge in [0.1, 0.15) is 0 Å². The molecule has 38 heavy (non-hydrogen) atoms. The summed E-state index contributed by atoms with van der Waals surface area (Å²) in [7, 11) is 0. The fourth-order valence-electron chi connectivity index (χ4n) is 5.45. The van der Waals surface area contributed by atoms with Crippen molar-refractivity contribution in [2.24, 2.45) is 0 Å². The molecule has 3 aromatic carbocycles. The number of hydrogen-bond donors (Lipinski definition) is 1. The first-order valence-corrected chi connectivity index (χ1v) is 13.0. The fraction of sp³-hybridized carbons (Fsp3) is 0.323. The average Bonchev–Trinajstić information content (AvgIpc) is 3.31. The summed E-state index contributed by atoms with van der Waals surface area (Å²) in [6, 6.07) is 19.8. The van der Waals surface area contributed by atoms with Crippen LogP contribution >= 0.6 is 0 Å². The molecule has 0 bridgehead atoms. The van der Waals surface area contributed by atoms with Crippen LogP contribution in [0.25, 0.3) is 5.70 Å². The Morgan fingerprint density at radius 3 is 2.21 bits per heavy atom. The Morgan fingerprint density at radius 1 is 0.974 bits per heavy atom. The summed E-state index contributed by atoms with van der Waals surface area (Å²) < 4.78 is 38.7. The van der Waals surface area contributed by atoms with Crippen molar-refractivity contribution in [3.05, 3.63) is 107 Å².